The van der Waals surface area contributed by atoms with Gasteiger partial charge in [-0.2, -0.15) is 0 Å². The third kappa shape index (κ3) is 3.03. The summed E-state index contributed by atoms with van der Waals surface area (Å²) in [6.07, 6.45) is 5.87. The molecule has 0 aliphatic heterocycles. The molecular formula is C20H34O4. The van der Waals surface area contributed by atoms with Gasteiger partial charge in [0.2, 0.25) is 0 Å². The van der Waals surface area contributed by atoms with Crippen LogP contribution in [0.5, 0.6) is 0 Å². The Balaban J connectivity index is 2.29. The van der Waals surface area contributed by atoms with Gasteiger partial charge in [-0.3, -0.25) is 0 Å². The van der Waals surface area contributed by atoms with Crippen molar-refractivity contribution in [2.75, 3.05) is 0 Å². The first-order valence-corrected chi connectivity index (χ1v) is 9.25. The van der Waals surface area contributed by atoms with Crippen LogP contribution in [0.2, 0.25) is 0 Å². The molecule has 0 spiro atoms. The molecule has 2 rings (SSSR count). The van der Waals surface area contributed by atoms with Gasteiger partial charge in [-0.15, -0.1) is 0 Å². The van der Waals surface area contributed by atoms with E-state index in [0.29, 0.717) is 18.3 Å². The number of rotatable bonds is 4. The summed E-state index contributed by atoms with van der Waals surface area (Å²) < 4.78 is 0. The van der Waals surface area contributed by atoms with Crippen molar-refractivity contribution in [3.05, 3.63) is 11.6 Å². The Morgan fingerprint density at radius 3 is 2.42 bits per heavy atom. The molecule has 0 unspecified atom stereocenters. The molecule has 2 aliphatic rings. The van der Waals surface area contributed by atoms with Crippen molar-refractivity contribution >= 4 is 5.97 Å². The van der Waals surface area contributed by atoms with Crippen molar-refractivity contribution in [1.29, 1.82) is 0 Å². The fourth-order valence-electron chi connectivity index (χ4n) is 5.50. The number of carboxylic acids is 1. The van der Waals surface area contributed by atoms with Crippen molar-refractivity contribution in [2.24, 2.45) is 22.7 Å². The van der Waals surface area contributed by atoms with Crippen LogP contribution in [0.15, 0.2) is 11.6 Å². The third-order valence-corrected chi connectivity index (χ3v) is 7.75. The Morgan fingerprint density at radius 1 is 1.21 bits per heavy atom. The van der Waals surface area contributed by atoms with Crippen molar-refractivity contribution in [3.8, 4) is 0 Å². The maximum absolute atomic E-state index is 11.1. The van der Waals surface area contributed by atoms with Crippen LogP contribution in [0.3, 0.4) is 0 Å². The normalized spacial score (nSPS) is 46.5. The minimum atomic E-state index is -1.07. The highest BCUT2D eigenvalue weighted by atomic mass is 16.4. The first-order valence-electron chi connectivity index (χ1n) is 9.25. The molecule has 0 amide bonds. The van der Waals surface area contributed by atoms with Crippen LogP contribution in [-0.4, -0.2) is 33.0 Å². The number of hydrogen-bond acceptors (Lipinski definition) is 3. The Kier molecular flexibility index (Phi) is 5.23. The fraction of sp³-hybridized carbons (Fsp3) is 0.850. The highest BCUT2D eigenvalue weighted by Crippen LogP contribution is 2.64. The van der Waals surface area contributed by atoms with Gasteiger partial charge in [-0.1, -0.05) is 26.3 Å². The molecule has 2 fully saturated rings. The summed E-state index contributed by atoms with van der Waals surface area (Å²) in [7, 11) is 0. The second-order valence-electron chi connectivity index (χ2n) is 8.99. The molecule has 0 saturated heterocycles. The van der Waals surface area contributed by atoms with E-state index >= 15 is 0 Å². The molecule has 3 N–H and O–H groups in total. The highest BCUT2D eigenvalue weighted by molar-refractivity contribution is 5.80. The first kappa shape index (κ1) is 19.5. The first-order chi connectivity index (χ1) is 10.9. The SMILES string of the molecule is C/C(=C\C(=O)O)CC[C@@]1(C)[C@H](C)CC[C@@]2(C)[C@@H]1CC[C@H](O)[C@@]2(C)O. The molecule has 0 aromatic heterocycles. The Hall–Kier alpha value is -0.870. The van der Waals surface area contributed by atoms with Crippen LogP contribution in [0, 0.1) is 22.7 Å². The number of allylic oxidation sites excluding steroid dienone is 1. The van der Waals surface area contributed by atoms with Crippen LogP contribution in [0.25, 0.3) is 0 Å². The molecule has 24 heavy (non-hydrogen) atoms. The fourth-order valence-corrected chi connectivity index (χ4v) is 5.50. The standard InChI is InChI=1S/C20H34O4/c1-13(12-17(22)23)8-10-18(3)14(2)9-11-19(4)15(18)6-7-16(21)20(19,5)24/h12,14-16,21,24H,6-11H2,1-5H3,(H,22,23)/b13-12+/t14-,15-,16+,18+,19+,20-/m1/s1. The van der Waals surface area contributed by atoms with Crippen molar-refractivity contribution < 1.29 is 20.1 Å². The van der Waals surface area contributed by atoms with E-state index < -0.39 is 17.7 Å². The molecular weight excluding hydrogens is 304 g/mol. The number of carbonyl (C=O) groups is 1. The topological polar surface area (TPSA) is 77.8 Å². The zero-order valence-corrected chi connectivity index (χ0v) is 15.8. The van der Waals surface area contributed by atoms with Crippen LogP contribution in [0.1, 0.15) is 73.1 Å². The molecule has 2 aliphatic carbocycles. The van der Waals surface area contributed by atoms with E-state index in [9.17, 15) is 15.0 Å². The summed E-state index contributed by atoms with van der Waals surface area (Å²) in [5.74, 6) is -0.0214. The predicted molar refractivity (Wildman–Crippen MR) is 94.6 cm³/mol. The van der Waals surface area contributed by atoms with E-state index in [1.165, 1.54) is 6.08 Å². The number of aliphatic hydroxyl groups excluding tert-OH is 1. The summed E-state index contributed by atoms with van der Waals surface area (Å²) in [5.41, 5.74) is -0.421. The maximum atomic E-state index is 11.1. The average Bonchev–Trinajstić information content (AvgIpc) is 2.47. The maximum Gasteiger partial charge on any atom is 0.328 e. The van der Waals surface area contributed by atoms with Gasteiger partial charge in [0.1, 0.15) is 0 Å². The number of hydrogen-bond donors (Lipinski definition) is 3. The van der Waals surface area contributed by atoms with E-state index in [1.807, 2.05) is 6.92 Å². The second-order valence-corrected chi connectivity index (χ2v) is 8.99. The molecule has 0 bridgehead atoms. The summed E-state index contributed by atoms with van der Waals surface area (Å²) >= 11 is 0. The summed E-state index contributed by atoms with van der Waals surface area (Å²) in [4.78, 5) is 10.9. The van der Waals surface area contributed by atoms with E-state index in [-0.39, 0.29) is 10.8 Å². The third-order valence-electron chi connectivity index (χ3n) is 7.75. The quantitative estimate of drug-likeness (QED) is 0.682. The van der Waals surface area contributed by atoms with Gasteiger partial charge in [0.05, 0.1) is 11.7 Å². The molecule has 0 aromatic carbocycles. The average molecular weight is 338 g/mol. The van der Waals surface area contributed by atoms with Gasteiger partial charge in [-0.25, -0.2) is 4.79 Å². The van der Waals surface area contributed by atoms with Crippen LogP contribution < -0.4 is 0 Å². The number of aliphatic hydroxyl groups is 2. The molecule has 2 saturated carbocycles. The summed E-state index contributed by atoms with van der Waals surface area (Å²) in [6.45, 7) is 10.4. The molecule has 4 nitrogen and oxygen atoms in total. The minimum absolute atomic E-state index is 0.0464. The minimum Gasteiger partial charge on any atom is -0.478 e. The lowest BCUT2D eigenvalue weighted by molar-refractivity contribution is -0.235. The Labute approximate surface area is 146 Å². The smallest absolute Gasteiger partial charge is 0.328 e. The molecule has 0 heterocycles. The lowest BCUT2D eigenvalue weighted by atomic mass is 9.43. The van der Waals surface area contributed by atoms with Gasteiger partial charge in [-0.05, 0) is 69.6 Å². The molecule has 0 radical (unpaired) electrons. The van der Waals surface area contributed by atoms with Crippen molar-refractivity contribution in [1.82, 2.24) is 0 Å². The van der Waals surface area contributed by atoms with Crippen LogP contribution in [0.4, 0.5) is 0 Å². The van der Waals surface area contributed by atoms with E-state index in [2.05, 4.69) is 20.8 Å². The van der Waals surface area contributed by atoms with E-state index in [4.69, 9.17) is 5.11 Å². The molecule has 0 aromatic rings. The molecule has 138 valence electrons. The number of carboxylic acid groups (broad SMARTS) is 1. The summed E-state index contributed by atoms with van der Waals surface area (Å²) in [5, 5.41) is 30.4. The van der Waals surface area contributed by atoms with Gasteiger partial charge >= 0.3 is 5.97 Å². The summed E-state index contributed by atoms with van der Waals surface area (Å²) in [6, 6.07) is 0. The zero-order valence-electron chi connectivity index (χ0n) is 15.8. The number of aliphatic carboxylic acids is 1. The van der Waals surface area contributed by atoms with Crippen molar-refractivity contribution in [3.63, 3.8) is 0 Å². The Bertz CT molecular complexity index is 524. The second kappa shape index (κ2) is 6.45. The van der Waals surface area contributed by atoms with E-state index in [1.54, 1.807) is 6.92 Å². The lowest BCUT2D eigenvalue weighted by Gasteiger charge is -2.64. The molecule has 4 heteroatoms. The van der Waals surface area contributed by atoms with Gasteiger partial charge in [0.15, 0.2) is 0 Å². The largest absolute Gasteiger partial charge is 0.478 e. The lowest BCUT2D eigenvalue weighted by Crippen LogP contribution is -2.65. The van der Waals surface area contributed by atoms with E-state index in [0.717, 1.165) is 37.7 Å². The van der Waals surface area contributed by atoms with Gasteiger partial charge < -0.3 is 15.3 Å². The van der Waals surface area contributed by atoms with Gasteiger partial charge in [0.25, 0.3) is 0 Å². The van der Waals surface area contributed by atoms with Crippen LogP contribution >= 0.6 is 0 Å². The Morgan fingerprint density at radius 2 is 1.83 bits per heavy atom. The zero-order chi connectivity index (χ0) is 18.3. The molecule has 6 atom stereocenters. The van der Waals surface area contributed by atoms with Gasteiger partial charge in [0, 0.05) is 11.5 Å². The van der Waals surface area contributed by atoms with Crippen molar-refractivity contribution in [2.45, 2.75) is 84.8 Å². The predicted octanol–water partition coefficient (Wildman–Crippen LogP) is 3.76. The monoisotopic (exact) mass is 338 g/mol. The number of fused-ring (bicyclic) bond motifs is 1. The van der Waals surface area contributed by atoms with Crippen LogP contribution in [-0.2, 0) is 4.79 Å². The highest BCUT2D eigenvalue weighted by Gasteiger charge is 2.62.